The van der Waals surface area contributed by atoms with Crippen molar-refractivity contribution in [2.45, 2.75) is 10.5 Å². The number of nitriles is 1. The van der Waals surface area contributed by atoms with Crippen molar-refractivity contribution in [1.29, 1.82) is 5.26 Å². The first-order valence-corrected chi connectivity index (χ1v) is 10.4. The largest absolute Gasteiger partial charge is 0.493 e. The van der Waals surface area contributed by atoms with Crippen LogP contribution in [0.5, 0.6) is 5.75 Å². The fraction of sp³-hybridized carbons (Fsp3) is 0.316. The molecule has 10 heteroatoms. The summed E-state index contributed by atoms with van der Waals surface area (Å²) in [5.74, 6) is -1.41. The van der Waals surface area contributed by atoms with Crippen molar-refractivity contribution in [2.24, 2.45) is 5.92 Å². The summed E-state index contributed by atoms with van der Waals surface area (Å²) in [5.41, 5.74) is -1.87. The van der Waals surface area contributed by atoms with E-state index in [0.717, 1.165) is 10.4 Å². The molecule has 7 nitrogen and oxygen atoms in total. The Morgan fingerprint density at radius 1 is 1.34 bits per heavy atom. The van der Waals surface area contributed by atoms with E-state index in [9.17, 15) is 23.0 Å². The number of benzene rings is 2. The number of sulfonamides is 1. The lowest BCUT2D eigenvalue weighted by atomic mass is 9.92. The van der Waals surface area contributed by atoms with E-state index in [0.29, 0.717) is 0 Å². The molecule has 0 radical (unpaired) electrons. The third-order valence-corrected chi connectivity index (χ3v) is 7.19. The molecule has 3 rings (SSSR count). The van der Waals surface area contributed by atoms with Gasteiger partial charge in [-0.05, 0) is 24.3 Å². The standard InChI is InChI=1S/C19H18ClFN2O5S/c20-16-3-1-2-4-18(16)29(26,27)23-9-14(19(25,11-23)12-24)10-28-15-6-5-13(8-22)17(21)7-15/h1-7,14,24-25H,9-12H2/t14-,19-/m1/s1. The first kappa shape index (κ1) is 21.5. The third kappa shape index (κ3) is 4.22. The van der Waals surface area contributed by atoms with Gasteiger partial charge in [0, 0.05) is 25.1 Å². The monoisotopic (exact) mass is 440 g/mol. The van der Waals surface area contributed by atoms with Crippen molar-refractivity contribution in [2.75, 3.05) is 26.3 Å². The van der Waals surface area contributed by atoms with Crippen LogP contribution in [0.3, 0.4) is 0 Å². The van der Waals surface area contributed by atoms with Crippen LogP contribution < -0.4 is 4.74 Å². The van der Waals surface area contributed by atoms with E-state index >= 15 is 0 Å². The molecule has 1 saturated heterocycles. The highest BCUT2D eigenvalue weighted by Crippen LogP contribution is 2.34. The van der Waals surface area contributed by atoms with Gasteiger partial charge in [0.1, 0.15) is 28.1 Å². The van der Waals surface area contributed by atoms with Crippen molar-refractivity contribution >= 4 is 21.6 Å². The highest BCUT2D eigenvalue weighted by molar-refractivity contribution is 7.89. The average Bonchev–Trinajstić information content (AvgIpc) is 3.04. The second-order valence-electron chi connectivity index (χ2n) is 6.75. The first-order valence-electron chi connectivity index (χ1n) is 8.61. The number of nitrogens with zero attached hydrogens (tertiary/aromatic N) is 2. The summed E-state index contributed by atoms with van der Waals surface area (Å²) >= 11 is 6.01. The molecular formula is C19H18ClFN2O5S. The molecular weight excluding hydrogens is 423 g/mol. The number of hydrogen-bond acceptors (Lipinski definition) is 6. The Balaban J connectivity index is 1.79. The summed E-state index contributed by atoms with van der Waals surface area (Å²) in [6, 6.07) is 11.3. The Morgan fingerprint density at radius 2 is 2.07 bits per heavy atom. The van der Waals surface area contributed by atoms with Gasteiger partial charge in [-0.25, -0.2) is 12.8 Å². The molecule has 0 aromatic heterocycles. The maximum Gasteiger partial charge on any atom is 0.244 e. The fourth-order valence-electron chi connectivity index (χ4n) is 3.15. The number of aliphatic hydroxyl groups excluding tert-OH is 1. The molecule has 2 atom stereocenters. The first-order chi connectivity index (χ1) is 13.7. The summed E-state index contributed by atoms with van der Waals surface area (Å²) < 4.78 is 46.1. The van der Waals surface area contributed by atoms with Crippen LogP contribution in [0.1, 0.15) is 5.56 Å². The van der Waals surface area contributed by atoms with Gasteiger partial charge >= 0.3 is 0 Å². The SMILES string of the molecule is N#Cc1ccc(OC[C@H]2CN(S(=O)(=O)c3ccccc3Cl)C[C@@]2(O)CO)cc1F. The van der Waals surface area contributed by atoms with Gasteiger partial charge in [-0.2, -0.15) is 9.57 Å². The Kier molecular flexibility index (Phi) is 6.12. The van der Waals surface area contributed by atoms with Crippen molar-refractivity contribution in [3.63, 3.8) is 0 Å². The molecule has 1 fully saturated rings. The van der Waals surface area contributed by atoms with Crippen LogP contribution in [0.25, 0.3) is 0 Å². The normalized spacial score (nSPS) is 22.4. The predicted molar refractivity (Wildman–Crippen MR) is 102 cm³/mol. The van der Waals surface area contributed by atoms with E-state index in [1.807, 2.05) is 0 Å². The van der Waals surface area contributed by atoms with Crippen LogP contribution in [-0.4, -0.2) is 54.8 Å². The van der Waals surface area contributed by atoms with Crippen LogP contribution in [0, 0.1) is 23.1 Å². The molecule has 1 heterocycles. The van der Waals surface area contributed by atoms with Crippen molar-refractivity contribution < 1.29 is 27.8 Å². The van der Waals surface area contributed by atoms with Gasteiger partial charge in [0.2, 0.25) is 10.0 Å². The van der Waals surface area contributed by atoms with E-state index in [4.69, 9.17) is 21.6 Å². The molecule has 0 bridgehead atoms. The Hall–Kier alpha value is -2.22. The highest BCUT2D eigenvalue weighted by atomic mass is 35.5. The molecule has 1 aliphatic rings. The fourth-order valence-corrected chi connectivity index (χ4v) is 5.19. The molecule has 29 heavy (non-hydrogen) atoms. The minimum atomic E-state index is -4.00. The zero-order chi connectivity index (χ0) is 21.2. The van der Waals surface area contributed by atoms with Gasteiger partial charge in [-0.15, -0.1) is 0 Å². The molecule has 1 aliphatic heterocycles. The van der Waals surface area contributed by atoms with Crippen LogP contribution in [0.2, 0.25) is 5.02 Å². The zero-order valence-electron chi connectivity index (χ0n) is 15.1. The third-order valence-electron chi connectivity index (χ3n) is 4.87. The number of ether oxygens (including phenoxy) is 1. The van der Waals surface area contributed by atoms with Gasteiger partial charge in [0.25, 0.3) is 0 Å². The van der Waals surface area contributed by atoms with Crippen molar-refractivity contribution in [3.05, 3.63) is 58.9 Å². The minimum absolute atomic E-state index is 0.0489. The van der Waals surface area contributed by atoms with Gasteiger partial charge in [0.15, 0.2) is 0 Å². The van der Waals surface area contributed by atoms with Crippen LogP contribution in [-0.2, 0) is 10.0 Å². The highest BCUT2D eigenvalue weighted by Gasteiger charge is 2.49. The maximum absolute atomic E-state index is 13.7. The smallest absolute Gasteiger partial charge is 0.244 e. The topological polar surface area (TPSA) is 111 Å². The van der Waals surface area contributed by atoms with E-state index in [2.05, 4.69) is 0 Å². The number of aliphatic hydroxyl groups is 2. The quantitative estimate of drug-likeness (QED) is 0.708. The second kappa shape index (κ2) is 8.26. The number of β-amino-alcohol motifs (C(OH)–C–C–N with tert-alkyl or cyclic N) is 1. The second-order valence-corrected chi connectivity index (χ2v) is 9.06. The number of rotatable bonds is 6. The van der Waals surface area contributed by atoms with E-state index in [1.54, 1.807) is 12.1 Å². The van der Waals surface area contributed by atoms with Gasteiger partial charge in [-0.3, -0.25) is 0 Å². The lowest BCUT2D eigenvalue weighted by Crippen LogP contribution is -2.44. The molecule has 2 aromatic carbocycles. The lowest BCUT2D eigenvalue weighted by molar-refractivity contribution is -0.0452. The molecule has 0 unspecified atom stereocenters. The van der Waals surface area contributed by atoms with E-state index < -0.39 is 34.0 Å². The average molecular weight is 441 g/mol. The molecule has 2 aromatic rings. The van der Waals surface area contributed by atoms with Crippen molar-refractivity contribution in [1.82, 2.24) is 4.31 Å². The summed E-state index contributed by atoms with van der Waals surface area (Å²) in [5, 5.41) is 29.2. The van der Waals surface area contributed by atoms with Gasteiger partial charge in [0.05, 0.1) is 23.8 Å². The van der Waals surface area contributed by atoms with Gasteiger partial charge in [-0.1, -0.05) is 23.7 Å². The van der Waals surface area contributed by atoms with Crippen molar-refractivity contribution in [3.8, 4) is 11.8 Å². The molecule has 154 valence electrons. The van der Waals surface area contributed by atoms with Crippen LogP contribution >= 0.6 is 11.6 Å². The summed E-state index contributed by atoms with van der Waals surface area (Å²) in [6.07, 6.45) is 0. The number of halogens is 2. The van der Waals surface area contributed by atoms with E-state index in [1.165, 1.54) is 30.3 Å². The summed E-state index contributed by atoms with van der Waals surface area (Å²) in [6.45, 7) is -1.32. The molecule has 0 spiro atoms. The minimum Gasteiger partial charge on any atom is -0.493 e. The van der Waals surface area contributed by atoms with E-state index in [-0.39, 0.29) is 40.9 Å². The molecule has 0 aliphatic carbocycles. The molecule has 0 amide bonds. The van der Waals surface area contributed by atoms with Gasteiger partial charge < -0.3 is 14.9 Å². The number of hydrogen-bond donors (Lipinski definition) is 2. The Bertz CT molecular complexity index is 1060. The summed E-state index contributed by atoms with van der Waals surface area (Å²) in [4.78, 5) is -0.0994. The van der Waals surface area contributed by atoms with Crippen LogP contribution in [0.4, 0.5) is 4.39 Å². The Labute approximate surface area is 172 Å². The molecule has 0 saturated carbocycles. The lowest BCUT2D eigenvalue weighted by Gasteiger charge is -2.26. The Morgan fingerprint density at radius 3 is 2.69 bits per heavy atom. The molecule has 2 N–H and O–H groups in total. The zero-order valence-corrected chi connectivity index (χ0v) is 16.7. The van der Waals surface area contributed by atoms with Crippen LogP contribution in [0.15, 0.2) is 47.4 Å². The summed E-state index contributed by atoms with van der Waals surface area (Å²) in [7, 11) is -4.00. The maximum atomic E-state index is 13.7. The predicted octanol–water partition coefficient (Wildman–Crippen LogP) is 1.77.